The molecule has 0 bridgehead atoms. The van der Waals surface area contributed by atoms with Crippen molar-refractivity contribution in [2.75, 3.05) is 0 Å². The highest BCUT2D eigenvalue weighted by molar-refractivity contribution is 6.28. The van der Waals surface area contributed by atoms with Crippen molar-refractivity contribution < 1.29 is 8.78 Å². The van der Waals surface area contributed by atoms with Crippen LogP contribution in [0, 0.1) is 0 Å². The first-order valence-corrected chi connectivity index (χ1v) is 2.36. The summed E-state index contributed by atoms with van der Waals surface area (Å²) in [5.41, 5.74) is 0. The van der Waals surface area contributed by atoms with Gasteiger partial charge in [-0.2, -0.15) is 4.39 Å². The predicted octanol–water partition coefficient (Wildman–Crippen LogP) is 2.91. The molecule has 0 amide bonds. The number of rotatable bonds is 2. The Hall–Kier alpha value is -0.370. The Labute approximate surface area is 51.5 Å². The quantitative estimate of drug-likeness (QED) is 0.515. The molecule has 0 saturated heterocycles. The van der Waals surface area contributed by atoms with Crippen LogP contribution in [0.25, 0.3) is 0 Å². The molecular formula is C5H5ClF2. The lowest BCUT2D eigenvalue weighted by atomic mass is 10.4. The summed E-state index contributed by atoms with van der Waals surface area (Å²) in [6.07, 6.45) is 1.09. The van der Waals surface area contributed by atoms with Gasteiger partial charge in [0.15, 0.2) is 5.83 Å². The molecule has 0 heterocycles. The molecule has 0 aliphatic rings. The maximum absolute atomic E-state index is 11.8. The summed E-state index contributed by atoms with van der Waals surface area (Å²) in [5, 5.41) is -1.29. The van der Waals surface area contributed by atoms with Crippen LogP contribution in [-0.2, 0) is 0 Å². The molecule has 0 aliphatic carbocycles. The molecule has 0 N–H and O–H groups in total. The third-order valence-electron chi connectivity index (χ3n) is 0.529. The Bertz CT molecular complexity index is 114. The summed E-state index contributed by atoms with van der Waals surface area (Å²) >= 11 is 4.60. The van der Waals surface area contributed by atoms with Gasteiger partial charge in [0.1, 0.15) is 0 Å². The summed E-state index contributed by atoms with van der Waals surface area (Å²) < 4.78 is 23.3. The highest BCUT2D eigenvalue weighted by atomic mass is 35.5. The van der Waals surface area contributed by atoms with Gasteiger partial charge in [-0.25, -0.2) is 4.39 Å². The minimum Gasteiger partial charge on any atom is -0.207 e. The molecule has 0 fully saturated rings. The van der Waals surface area contributed by atoms with Crippen LogP contribution >= 0.6 is 11.6 Å². The zero-order valence-corrected chi connectivity index (χ0v) is 4.88. The molecule has 0 aliphatic heterocycles. The molecule has 0 nitrogen and oxygen atoms in total. The van der Waals surface area contributed by atoms with Gasteiger partial charge in [0, 0.05) is 6.42 Å². The van der Waals surface area contributed by atoms with E-state index in [1.54, 1.807) is 0 Å². The number of halogens is 3. The molecule has 8 heavy (non-hydrogen) atoms. The average Bonchev–Trinajstić information content (AvgIpc) is 1.67. The lowest BCUT2D eigenvalue weighted by molar-refractivity contribution is 0.555. The van der Waals surface area contributed by atoms with E-state index in [-0.39, 0.29) is 6.42 Å². The molecule has 0 rings (SSSR count). The van der Waals surface area contributed by atoms with E-state index in [1.165, 1.54) is 6.08 Å². The average molecular weight is 139 g/mol. The number of allylic oxidation sites excluding steroid dienone is 2. The first-order valence-electron chi connectivity index (χ1n) is 1.99. The molecule has 0 unspecified atom stereocenters. The monoisotopic (exact) mass is 138 g/mol. The Morgan fingerprint density at radius 1 is 1.62 bits per heavy atom. The summed E-state index contributed by atoms with van der Waals surface area (Å²) in [4.78, 5) is 0. The van der Waals surface area contributed by atoms with E-state index in [0.717, 1.165) is 0 Å². The molecule has 0 saturated carbocycles. The highest BCUT2D eigenvalue weighted by Crippen LogP contribution is 2.14. The Morgan fingerprint density at radius 2 is 2.12 bits per heavy atom. The zero-order valence-electron chi connectivity index (χ0n) is 4.13. The summed E-state index contributed by atoms with van der Waals surface area (Å²) in [6.45, 7) is 3.18. The standard InChI is InChI=1S/C5H5ClF2/c1-2-3-4(7)5(6)8/h2H,1,3H2/b5-4-. The number of hydrogen-bond acceptors (Lipinski definition) is 0. The smallest absolute Gasteiger partial charge is 0.207 e. The van der Waals surface area contributed by atoms with Gasteiger partial charge in [0.05, 0.1) is 0 Å². The Morgan fingerprint density at radius 3 is 2.25 bits per heavy atom. The molecule has 46 valence electrons. The van der Waals surface area contributed by atoms with E-state index in [9.17, 15) is 8.78 Å². The third kappa shape index (κ3) is 2.75. The van der Waals surface area contributed by atoms with Gasteiger partial charge in [-0.1, -0.05) is 6.08 Å². The molecule has 0 spiro atoms. The van der Waals surface area contributed by atoms with Gasteiger partial charge in [-0.15, -0.1) is 6.58 Å². The fourth-order valence-electron chi connectivity index (χ4n) is 0.204. The van der Waals surface area contributed by atoms with Crippen molar-refractivity contribution in [3.63, 3.8) is 0 Å². The van der Waals surface area contributed by atoms with Gasteiger partial charge < -0.3 is 0 Å². The number of hydrogen-bond donors (Lipinski definition) is 0. The van der Waals surface area contributed by atoms with Gasteiger partial charge in [-0.3, -0.25) is 0 Å². The van der Waals surface area contributed by atoms with Crippen LogP contribution < -0.4 is 0 Å². The van der Waals surface area contributed by atoms with Crippen molar-refractivity contribution >= 4 is 11.6 Å². The lowest BCUT2D eigenvalue weighted by Crippen LogP contribution is -1.69. The van der Waals surface area contributed by atoms with Gasteiger partial charge in [0.2, 0.25) is 5.29 Å². The summed E-state index contributed by atoms with van der Waals surface area (Å²) in [5.74, 6) is -0.971. The summed E-state index contributed by atoms with van der Waals surface area (Å²) in [7, 11) is 0. The second-order valence-corrected chi connectivity index (χ2v) is 1.49. The van der Waals surface area contributed by atoms with Crippen molar-refractivity contribution in [3.05, 3.63) is 23.8 Å². The molecule has 0 aromatic rings. The second kappa shape index (κ2) is 3.61. The second-order valence-electron chi connectivity index (χ2n) is 1.16. The van der Waals surface area contributed by atoms with E-state index in [0.29, 0.717) is 0 Å². The predicted molar refractivity (Wildman–Crippen MR) is 29.9 cm³/mol. The third-order valence-corrected chi connectivity index (χ3v) is 0.734. The zero-order chi connectivity index (χ0) is 6.57. The van der Waals surface area contributed by atoms with Crippen molar-refractivity contribution in [2.24, 2.45) is 0 Å². The van der Waals surface area contributed by atoms with Crippen LogP contribution in [0.3, 0.4) is 0 Å². The lowest BCUT2D eigenvalue weighted by Gasteiger charge is -1.85. The van der Waals surface area contributed by atoms with Crippen LogP contribution in [0.15, 0.2) is 23.8 Å². The minimum absolute atomic E-state index is 0.144. The molecule has 0 radical (unpaired) electrons. The first kappa shape index (κ1) is 7.63. The topological polar surface area (TPSA) is 0 Å². The van der Waals surface area contributed by atoms with E-state index in [1.807, 2.05) is 0 Å². The first-order chi connectivity index (χ1) is 3.68. The van der Waals surface area contributed by atoms with Crippen LogP contribution in [0.5, 0.6) is 0 Å². The van der Waals surface area contributed by atoms with E-state index >= 15 is 0 Å². The van der Waals surface area contributed by atoms with E-state index in [4.69, 9.17) is 0 Å². The van der Waals surface area contributed by atoms with Gasteiger partial charge >= 0.3 is 0 Å². The molecule has 3 heteroatoms. The fourth-order valence-corrected chi connectivity index (χ4v) is 0.281. The Kier molecular flexibility index (Phi) is 3.44. The van der Waals surface area contributed by atoms with Crippen molar-refractivity contribution in [2.45, 2.75) is 6.42 Å². The Balaban J connectivity index is 3.79. The highest BCUT2D eigenvalue weighted by Gasteiger charge is 1.97. The van der Waals surface area contributed by atoms with Gasteiger partial charge in [-0.05, 0) is 11.6 Å². The normalized spacial score (nSPS) is 12.9. The van der Waals surface area contributed by atoms with Crippen LogP contribution in [0.4, 0.5) is 8.78 Å². The molecule has 0 atom stereocenters. The minimum atomic E-state index is -1.29. The van der Waals surface area contributed by atoms with E-state index in [2.05, 4.69) is 18.2 Å². The van der Waals surface area contributed by atoms with Crippen LogP contribution in [0.1, 0.15) is 6.42 Å². The fraction of sp³-hybridized carbons (Fsp3) is 0.200. The molecular weight excluding hydrogens is 134 g/mol. The van der Waals surface area contributed by atoms with Crippen LogP contribution in [0.2, 0.25) is 0 Å². The largest absolute Gasteiger partial charge is 0.220 e. The van der Waals surface area contributed by atoms with Crippen molar-refractivity contribution in [3.8, 4) is 0 Å². The van der Waals surface area contributed by atoms with Crippen molar-refractivity contribution in [1.82, 2.24) is 0 Å². The maximum atomic E-state index is 11.8. The summed E-state index contributed by atoms with van der Waals surface area (Å²) in [6, 6.07) is 0. The van der Waals surface area contributed by atoms with Crippen molar-refractivity contribution in [1.29, 1.82) is 0 Å². The SMILES string of the molecule is C=CC/C(F)=C(/F)Cl. The van der Waals surface area contributed by atoms with Gasteiger partial charge in [0.25, 0.3) is 0 Å². The molecule has 0 aromatic heterocycles. The van der Waals surface area contributed by atoms with Crippen LogP contribution in [-0.4, -0.2) is 0 Å². The van der Waals surface area contributed by atoms with E-state index < -0.39 is 11.1 Å². The maximum Gasteiger partial charge on any atom is 0.220 e. The molecule has 0 aromatic carbocycles.